The van der Waals surface area contributed by atoms with E-state index in [1.165, 1.54) is 0 Å². The standard InChI is InChI=1S/C20H25N5O3/c26-17-5-4-16(23-24-17)19(28)25-11-7-20(8-12-25)13-15(20)18(27)22-10-6-14-3-1-2-9-21-14/h1-3,9,15H,4-8,10-13H2,(H,22,27)(H,24,26). The maximum Gasteiger partial charge on any atom is 0.270 e. The van der Waals surface area contributed by atoms with Gasteiger partial charge in [0.25, 0.3) is 5.91 Å². The highest BCUT2D eigenvalue weighted by atomic mass is 16.2. The smallest absolute Gasteiger partial charge is 0.270 e. The summed E-state index contributed by atoms with van der Waals surface area (Å²) in [7, 11) is 0. The predicted octanol–water partition coefficient (Wildman–Crippen LogP) is 0.635. The van der Waals surface area contributed by atoms with Crippen LogP contribution in [0.1, 0.15) is 37.8 Å². The Morgan fingerprint density at radius 3 is 2.75 bits per heavy atom. The Bertz CT molecular complexity index is 799. The molecule has 1 saturated carbocycles. The lowest BCUT2D eigenvalue weighted by molar-refractivity contribution is -0.126. The van der Waals surface area contributed by atoms with Crippen LogP contribution in [0.2, 0.25) is 0 Å². The van der Waals surface area contributed by atoms with Gasteiger partial charge in [-0.1, -0.05) is 6.07 Å². The fourth-order valence-corrected chi connectivity index (χ4v) is 4.22. The van der Waals surface area contributed by atoms with Crippen LogP contribution in [-0.4, -0.2) is 53.0 Å². The lowest BCUT2D eigenvalue weighted by atomic mass is 9.90. The van der Waals surface area contributed by atoms with E-state index in [-0.39, 0.29) is 29.1 Å². The maximum absolute atomic E-state index is 12.5. The zero-order valence-electron chi connectivity index (χ0n) is 15.8. The van der Waals surface area contributed by atoms with Crippen LogP contribution >= 0.6 is 0 Å². The van der Waals surface area contributed by atoms with Crippen LogP contribution in [0.4, 0.5) is 0 Å². The molecule has 3 heterocycles. The highest BCUT2D eigenvalue weighted by Crippen LogP contribution is 2.59. The number of hydrazone groups is 1. The second-order valence-corrected chi connectivity index (χ2v) is 7.87. The van der Waals surface area contributed by atoms with E-state index in [1.807, 2.05) is 18.2 Å². The van der Waals surface area contributed by atoms with Crippen molar-refractivity contribution in [2.75, 3.05) is 19.6 Å². The second-order valence-electron chi connectivity index (χ2n) is 7.87. The maximum atomic E-state index is 12.5. The average molecular weight is 383 g/mol. The van der Waals surface area contributed by atoms with Gasteiger partial charge in [0.1, 0.15) is 5.71 Å². The molecule has 3 aliphatic rings. The molecule has 4 rings (SSSR count). The van der Waals surface area contributed by atoms with Gasteiger partial charge in [0.2, 0.25) is 11.8 Å². The summed E-state index contributed by atoms with van der Waals surface area (Å²) < 4.78 is 0. The van der Waals surface area contributed by atoms with E-state index in [1.54, 1.807) is 11.1 Å². The second kappa shape index (κ2) is 7.69. The Kier molecular flexibility index (Phi) is 5.11. The van der Waals surface area contributed by atoms with Gasteiger partial charge in [0.15, 0.2) is 0 Å². The van der Waals surface area contributed by atoms with Crippen molar-refractivity contribution in [2.45, 2.75) is 38.5 Å². The molecule has 1 spiro atoms. The molecule has 148 valence electrons. The molecule has 1 saturated heterocycles. The van der Waals surface area contributed by atoms with Crippen molar-refractivity contribution in [3.05, 3.63) is 30.1 Å². The number of carbonyl (C=O) groups excluding carboxylic acids is 3. The number of nitrogens with zero attached hydrogens (tertiary/aromatic N) is 3. The van der Waals surface area contributed by atoms with E-state index in [9.17, 15) is 14.4 Å². The summed E-state index contributed by atoms with van der Waals surface area (Å²) in [6, 6.07) is 5.78. The molecule has 1 aliphatic carbocycles. The third kappa shape index (κ3) is 3.90. The molecule has 2 fully saturated rings. The molecule has 1 unspecified atom stereocenters. The summed E-state index contributed by atoms with van der Waals surface area (Å²) in [5, 5.41) is 6.93. The van der Waals surface area contributed by atoms with E-state index in [4.69, 9.17) is 0 Å². The van der Waals surface area contributed by atoms with Crippen LogP contribution in [0, 0.1) is 11.3 Å². The largest absolute Gasteiger partial charge is 0.355 e. The first-order valence-corrected chi connectivity index (χ1v) is 9.90. The van der Waals surface area contributed by atoms with E-state index < -0.39 is 0 Å². The first-order chi connectivity index (χ1) is 13.6. The Morgan fingerprint density at radius 2 is 2.07 bits per heavy atom. The van der Waals surface area contributed by atoms with Gasteiger partial charge in [0, 0.05) is 56.7 Å². The number of aromatic nitrogens is 1. The van der Waals surface area contributed by atoms with Crippen molar-refractivity contribution in [1.82, 2.24) is 20.6 Å². The van der Waals surface area contributed by atoms with Crippen molar-refractivity contribution >= 4 is 23.4 Å². The van der Waals surface area contributed by atoms with Gasteiger partial charge >= 0.3 is 0 Å². The third-order valence-electron chi connectivity index (χ3n) is 6.11. The number of nitrogens with one attached hydrogen (secondary N) is 2. The minimum atomic E-state index is -0.149. The number of carbonyl (C=O) groups is 3. The number of pyridine rings is 1. The SMILES string of the molecule is O=C1CCC(C(=O)N2CCC3(CC2)CC3C(=O)NCCc2ccccn2)=NN1. The quantitative estimate of drug-likeness (QED) is 0.778. The van der Waals surface area contributed by atoms with Gasteiger partial charge in [-0.05, 0) is 36.8 Å². The molecule has 1 aromatic rings. The van der Waals surface area contributed by atoms with Gasteiger partial charge in [-0.3, -0.25) is 19.4 Å². The minimum absolute atomic E-state index is 0.0501. The van der Waals surface area contributed by atoms with E-state index >= 15 is 0 Å². The van der Waals surface area contributed by atoms with Gasteiger partial charge in [-0.15, -0.1) is 0 Å². The zero-order valence-corrected chi connectivity index (χ0v) is 15.8. The van der Waals surface area contributed by atoms with Crippen LogP contribution < -0.4 is 10.7 Å². The normalized spacial score (nSPS) is 23.0. The summed E-state index contributed by atoms with van der Waals surface area (Å²) in [5.41, 5.74) is 3.83. The van der Waals surface area contributed by atoms with Crippen LogP contribution in [0.15, 0.2) is 29.5 Å². The van der Waals surface area contributed by atoms with Crippen LogP contribution in [0.5, 0.6) is 0 Å². The topological polar surface area (TPSA) is 104 Å². The van der Waals surface area contributed by atoms with E-state index in [2.05, 4.69) is 20.8 Å². The molecule has 0 radical (unpaired) electrons. The van der Waals surface area contributed by atoms with Crippen molar-refractivity contribution in [1.29, 1.82) is 0 Å². The molecular formula is C20H25N5O3. The first-order valence-electron chi connectivity index (χ1n) is 9.90. The van der Waals surface area contributed by atoms with Crippen molar-refractivity contribution < 1.29 is 14.4 Å². The molecule has 28 heavy (non-hydrogen) atoms. The number of hydrogen-bond acceptors (Lipinski definition) is 5. The molecule has 8 nitrogen and oxygen atoms in total. The first kappa shape index (κ1) is 18.6. The molecule has 3 amide bonds. The van der Waals surface area contributed by atoms with Crippen LogP contribution in [0.25, 0.3) is 0 Å². The lowest BCUT2D eigenvalue weighted by Gasteiger charge is -2.33. The molecule has 1 aromatic heterocycles. The third-order valence-corrected chi connectivity index (χ3v) is 6.11. The summed E-state index contributed by atoms with van der Waals surface area (Å²) in [6.45, 7) is 1.88. The van der Waals surface area contributed by atoms with Crippen molar-refractivity contribution in [2.24, 2.45) is 16.4 Å². The summed E-state index contributed by atoms with van der Waals surface area (Å²) in [4.78, 5) is 42.3. The zero-order chi connectivity index (χ0) is 19.6. The molecule has 8 heteroatoms. The molecule has 0 aromatic carbocycles. The average Bonchev–Trinajstić information content (AvgIpc) is 3.43. The molecule has 2 aliphatic heterocycles. The van der Waals surface area contributed by atoms with Gasteiger partial charge < -0.3 is 10.2 Å². The minimum Gasteiger partial charge on any atom is -0.355 e. The number of piperidine rings is 1. The van der Waals surface area contributed by atoms with Crippen molar-refractivity contribution in [3.63, 3.8) is 0 Å². The Labute approximate surface area is 163 Å². The Morgan fingerprint density at radius 1 is 1.25 bits per heavy atom. The number of hydrogen-bond donors (Lipinski definition) is 2. The van der Waals surface area contributed by atoms with Gasteiger partial charge in [0.05, 0.1) is 0 Å². The van der Waals surface area contributed by atoms with Gasteiger partial charge in [-0.2, -0.15) is 5.10 Å². The highest BCUT2D eigenvalue weighted by molar-refractivity contribution is 6.39. The monoisotopic (exact) mass is 383 g/mol. The summed E-state index contributed by atoms with van der Waals surface area (Å²) in [6.07, 6.45) is 5.79. The lowest BCUT2D eigenvalue weighted by Crippen LogP contribution is -2.45. The number of amides is 3. The summed E-state index contributed by atoms with van der Waals surface area (Å²) in [5.74, 6) is -0.0641. The Hall–Kier alpha value is -2.77. The van der Waals surface area contributed by atoms with Crippen LogP contribution in [-0.2, 0) is 20.8 Å². The van der Waals surface area contributed by atoms with Gasteiger partial charge in [-0.25, -0.2) is 5.43 Å². The molecule has 0 bridgehead atoms. The fraction of sp³-hybridized carbons (Fsp3) is 0.550. The number of likely N-dealkylation sites (tertiary alicyclic amines) is 1. The number of rotatable bonds is 5. The van der Waals surface area contributed by atoms with Crippen molar-refractivity contribution in [3.8, 4) is 0 Å². The van der Waals surface area contributed by atoms with E-state index in [0.29, 0.717) is 38.2 Å². The summed E-state index contributed by atoms with van der Waals surface area (Å²) >= 11 is 0. The molecule has 2 N–H and O–H groups in total. The molecule has 1 atom stereocenters. The van der Waals surface area contributed by atoms with E-state index in [0.717, 1.165) is 31.4 Å². The van der Waals surface area contributed by atoms with Crippen LogP contribution in [0.3, 0.4) is 0 Å². The highest BCUT2D eigenvalue weighted by Gasteiger charge is 2.58. The molecular weight excluding hydrogens is 358 g/mol. The Balaban J connectivity index is 1.22. The fourth-order valence-electron chi connectivity index (χ4n) is 4.22. The predicted molar refractivity (Wildman–Crippen MR) is 102 cm³/mol.